The summed E-state index contributed by atoms with van der Waals surface area (Å²) in [6.45, 7) is 10.7. The third kappa shape index (κ3) is 2.40. The molecule has 0 spiro atoms. The molecule has 0 heterocycles. The van der Waals surface area contributed by atoms with Gasteiger partial charge in [0.25, 0.3) is 0 Å². The second-order valence-electron chi connectivity index (χ2n) is 1.72. The summed E-state index contributed by atoms with van der Waals surface area (Å²) in [6, 6.07) is 0. The summed E-state index contributed by atoms with van der Waals surface area (Å²) in [6.07, 6.45) is 3.36. The van der Waals surface area contributed by atoms with Gasteiger partial charge in [-0.15, -0.1) is 0 Å². The largest absolute Gasteiger partial charge is 0.267 e. The zero-order valence-corrected chi connectivity index (χ0v) is 6.46. The van der Waals surface area contributed by atoms with Gasteiger partial charge in [-0.1, -0.05) is 6.58 Å². The van der Waals surface area contributed by atoms with Crippen molar-refractivity contribution in [3.8, 4) is 0 Å². The molecular formula is C8H12N2. The van der Waals surface area contributed by atoms with E-state index in [4.69, 9.17) is 0 Å². The van der Waals surface area contributed by atoms with E-state index in [0.717, 1.165) is 11.4 Å². The van der Waals surface area contributed by atoms with Crippen molar-refractivity contribution < 1.29 is 0 Å². The van der Waals surface area contributed by atoms with Crippen LogP contribution in [-0.2, 0) is 0 Å². The summed E-state index contributed by atoms with van der Waals surface area (Å²) >= 11 is 0. The van der Waals surface area contributed by atoms with Crippen LogP contribution in [-0.4, -0.2) is 12.9 Å². The van der Waals surface area contributed by atoms with E-state index < -0.39 is 0 Å². The Morgan fingerprint density at radius 1 is 1.50 bits per heavy atom. The summed E-state index contributed by atoms with van der Waals surface area (Å²) in [5, 5.41) is 0. The maximum Gasteiger partial charge on any atom is 0.0831 e. The lowest BCUT2D eigenvalue weighted by molar-refractivity contribution is 1.22. The van der Waals surface area contributed by atoms with Crippen LogP contribution in [0.1, 0.15) is 13.8 Å². The van der Waals surface area contributed by atoms with E-state index in [9.17, 15) is 0 Å². The van der Waals surface area contributed by atoms with Gasteiger partial charge < -0.3 is 0 Å². The Kier molecular flexibility index (Phi) is 4.12. The van der Waals surface area contributed by atoms with Crippen molar-refractivity contribution in [2.75, 3.05) is 0 Å². The molecule has 0 aliphatic carbocycles. The average Bonchev–Trinajstić information content (AvgIpc) is 1.99. The van der Waals surface area contributed by atoms with E-state index in [1.54, 1.807) is 12.3 Å². The molecule has 0 N–H and O–H groups in total. The summed E-state index contributed by atoms with van der Waals surface area (Å²) in [4.78, 5) is 7.74. The third-order valence-electron chi connectivity index (χ3n) is 1.07. The van der Waals surface area contributed by atoms with Gasteiger partial charge in [-0.25, -0.2) is 0 Å². The minimum absolute atomic E-state index is 0.775. The highest BCUT2D eigenvalue weighted by Gasteiger charge is 1.89. The van der Waals surface area contributed by atoms with Crippen LogP contribution in [0.5, 0.6) is 0 Å². The first kappa shape index (κ1) is 8.82. The van der Waals surface area contributed by atoms with E-state index in [2.05, 4.69) is 23.3 Å². The van der Waals surface area contributed by atoms with Crippen molar-refractivity contribution in [2.24, 2.45) is 9.98 Å². The number of aliphatic imine (C=N–C) groups is 2. The van der Waals surface area contributed by atoms with Crippen molar-refractivity contribution in [3.05, 3.63) is 24.0 Å². The molecule has 0 fully saturated rings. The fourth-order valence-corrected chi connectivity index (χ4v) is 0.514. The minimum atomic E-state index is 0.775. The van der Waals surface area contributed by atoms with Gasteiger partial charge in [0.05, 0.1) is 11.4 Å². The van der Waals surface area contributed by atoms with Crippen LogP contribution in [0.3, 0.4) is 0 Å². The van der Waals surface area contributed by atoms with Crippen LogP contribution < -0.4 is 0 Å². The lowest BCUT2D eigenvalue weighted by atomic mass is 10.3. The van der Waals surface area contributed by atoms with Crippen molar-refractivity contribution in [1.29, 1.82) is 0 Å². The molecule has 0 radical (unpaired) electrons. The lowest BCUT2D eigenvalue weighted by Gasteiger charge is -1.94. The van der Waals surface area contributed by atoms with E-state index in [-0.39, 0.29) is 0 Å². The first-order valence-electron chi connectivity index (χ1n) is 3.05. The Labute approximate surface area is 61.7 Å². The van der Waals surface area contributed by atoms with E-state index in [1.165, 1.54) is 0 Å². The maximum absolute atomic E-state index is 4.02. The molecule has 54 valence electrons. The van der Waals surface area contributed by atoms with Crippen molar-refractivity contribution >= 4 is 12.9 Å². The maximum atomic E-state index is 4.02. The highest BCUT2D eigenvalue weighted by molar-refractivity contribution is 5.56. The summed E-state index contributed by atoms with van der Waals surface area (Å²) in [5.74, 6) is 0. The number of rotatable bonds is 3. The molecule has 10 heavy (non-hydrogen) atoms. The molecule has 0 aromatic heterocycles. The highest BCUT2D eigenvalue weighted by atomic mass is 14.8. The lowest BCUT2D eigenvalue weighted by Crippen LogP contribution is -1.77. The predicted octanol–water partition coefficient (Wildman–Crippen LogP) is 2.20. The Morgan fingerprint density at radius 3 is 2.40 bits per heavy atom. The quantitative estimate of drug-likeness (QED) is 0.419. The van der Waals surface area contributed by atoms with Crippen LogP contribution in [0.4, 0.5) is 0 Å². The smallest absolute Gasteiger partial charge is 0.0831 e. The van der Waals surface area contributed by atoms with E-state index >= 15 is 0 Å². The van der Waals surface area contributed by atoms with Crippen molar-refractivity contribution in [3.63, 3.8) is 0 Å². The summed E-state index contributed by atoms with van der Waals surface area (Å²) in [5.41, 5.74) is 1.57. The van der Waals surface area contributed by atoms with E-state index in [0.29, 0.717) is 0 Å². The van der Waals surface area contributed by atoms with Gasteiger partial charge in [-0.2, -0.15) is 0 Å². The molecule has 0 unspecified atom stereocenters. The van der Waals surface area contributed by atoms with Crippen LogP contribution in [0.25, 0.3) is 0 Å². The van der Waals surface area contributed by atoms with Gasteiger partial charge in [0.2, 0.25) is 0 Å². The topological polar surface area (TPSA) is 24.7 Å². The highest BCUT2D eigenvalue weighted by Crippen LogP contribution is 2.05. The van der Waals surface area contributed by atoms with Gasteiger partial charge in [0, 0.05) is 6.21 Å². The molecule has 0 saturated carbocycles. The Bertz CT molecular complexity index is 187. The minimum Gasteiger partial charge on any atom is -0.267 e. The fraction of sp³-hybridized carbons (Fsp3) is 0.250. The molecule has 0 rings (SSSR count). The molecule has 2 heteroatoms. The molecule has 0 aliphatic heterocycles. The zero-order chi connectivity index (χ0) is 7.98. The van der Waals surface area contributed by atoms with Gasteiger partial charge in [0.15, 0.2) is 0 Å². The molecule has 0 aliphatic rings. The van der Waals surface area contributed by atoms with Gasteiger partial charge in [0.1, 0.15) is 0 Å². The van der Waals surface area contributed by atoms with Gasteiger partial charge in [-0.3, -0.25) is 9.98 Å². The van der Waals surface area contributed by atoms with Crippen molar-refractivity contribution in [1.82, 2.24) is 0 Å². The van der Waals surface area contributed by atoms with Gasteiger partial charge >= 0.3 is 0 Å². The molecule has 0 aromatic carbocycles. The van der Waals surface area contributed by atoms with Crippen LogP contribution in [0, 0.1) is 0 Å². The molecule has 0 saturated heterocycles. The van der Waals surface area contributed by atoms with E-state index in [1.807, 2.05) is 13.8 Å². The van der Waals surface area contributed by atoms with Crippen LogP contribution in [0.2, 0.25) is 0 Å². The molecule has 0 atom stereocenters. The molecule has 0 bridgehead atoms. The normalized spacial score (nSPS) is 13.0. The Hall–Kier alpha value is -1.18. The predicted molar refractivity (Wildman–Crippen MR) is 46.6 cm³/mol. The van der Waals surface area contributed by atoms with Crippen LogP contribution in [0.15, 0.2) is 34.0 Å². The number of hydrogen-bond donors (Lipinski definition) is 0. The van der Waals surface area contributed by atoms with Crippen LogP contribution >= 0.6 is 0 Å². The second kappa shape index (κ2) is 4.68. The molecule has 0 aromatic rings. The first-order valence-corrected chi connectivity index (χ1v) is 3.05. The Morgan fingerprint density at radius 2 is 2.10 bits per heavy atom. The van der Waals surface area contributed by atoms with Gasteiger partial charge in [-0.05, 0) is 26.6 Å². The third-order valence-corrected chi connectivity index (χ3v) is 1.07. The summed E-state index contributed by atoms with van der Waals surface area (Å²) in [7, 11) is 0. The SMILES string of the molecule is C=CC(/N=C\C)=C(\C)N=C. The number of nitrogens with zero attached hydrogens (tertiary/aromatic N) is 2. The molecule has 0 amide bonds. The molecular weight excluding hydrogens is 124 g/mol. The van der Waals surface area contributed by atoms with Crippen molar-refractivity contribution in [2.45, 2.75) is 13.8 Å². The molecule has 2 nitrogen and oxygen atoms in total. The monoisotopic (exact) mass is 136 g/mol. The Balaban J connectivity index is 4.61. The second-order valence-corrected chi connectivity index (χ2v) is 1.72. The summed E-state index contributed by atoms with van der Waals surface area (Å²) < 4.78 is 0. The number of allylic oxidation sites excluding steroid dienone is 2. The zero-order valence-electron chi connectivity index (χ0n) is 6.46. The first-order chi connectivity index (χ1) is 4.76. The fourth-order valence-electron chi connectivity index (χ4n) is 0.514. The number of hydrogen-bond acceptors (Lipinski definition) is 2. The standard InChI is InChI=1S/C8H12N2/c1-5-8(10-6-2)7(3)9-4/h5-6H,1,4H2,2-3H3/b8-7-,10-6-. The average molecular weight is 136 g/mol.